The van der Waals surface area contributed by atoms with Crippen molar-refractivity contribution in [2.45, 2.75) is 46.1 Å². The summed E-state index contributed by atoms with van der Waals surface area (Å²) in [6.45, 7) is 7.29. The first-order valence-corrected chi connectivity index (χ1v) is 8.33. The molecule has 0 spiro atoms. The molecule has 0 aliphatic heterocycles. The summed E-state index contributed by atoms with van der Waals surface area (Å²) in [6.07, 6.45) is 5.77. The minimum atomic E-state index is 0.348. The summed E-state index contributed by atoms with van der Waals surface area (Å²) >= 11 is 1.68. The molecule has 2 bridgehead atoms. The Labute approximate surface area is 123 Å². The van der Waals surface area contributed by atoms with Gasteiger partial charge in [-0.15, -0.1) is 11.3 Å². The minimum Gasteiger partial charge on any atom is -0.366 e. The van der Waals surface area contributed by atoms with Gasteiger partial charge < -0.3 is 5.32 Å². The van der Waals surface area contributed by atoms with Crippen LogP contribution in [0.15, 0.2) is 17.8 Å². The van der Waals surface area contributed by atoms with Gasteiger partial charge in [-0.2, -0.15) is 0 Å². The van der Waals surface area contributed by atoms with Gasteiger partial charge in [0.2, 0.25) is 0 Å². The van der Waals surface area contributed by atoms with Crippen LogP contribution in [0.5, 0.6) is 0 Å². The summed E-state index contributed by atoms with van der Waals surface area (Å²) < 4.78 is 0. The van der Waals surface area contributed by atoms with Crippen LogP contribution in [0.4, 0.5) is 5.82 Å². The monoisotopic (exact) mass is 287 g/mol. The van der Waals surface area contributed by atoms with Gasteiger partial charge in [-0.05, 0) is 47.5 Å². The third kappa shape index (κ3) is 1.57. The second kappa shape index (κ2) is 3.94. The molecule has 3 nitrogen and oxygen atoms in total. The molecule has 0 saturated heterocycles. The van der Waals surface area contributed by atoms with E-state index in [9.17, 15) is 0 Å². The van der Waals surface area contributed by atoms with Gasteiger partial charge in [-0.1, -0.05) is 20.8 Å². The van der Waals surface area contributed by atoms with Gasteiger partial charge >= 0.3 is 0 Å². The average Bonchev–Trinajstić information content (AvgIpc) is 3.05. The molecule has 4 heteroatoms. The predicted molar refractivity (Wildman–Crippen MR) is 84.1 cm³/mol. The molecule has 0 amide bonds. The fraction of sp³-hybridized carbons (Fsp3) is 0.625. The maximum atomic E-state index is 4.51. The molecule has 2 aromatic rings. The van der Waals surface area contributed by atoms with Crippen molar-refractivity contribution in [1.82, 2.24) is 9.97 Å². The van der Waals surface area contributed by atoms with E-state index in [-0.39, 0.29) is 0 Å². The molecule has 2 heterocycles. The molecule has 3 atom stereocenters. The lowest BCUT2D eigenvalue weighted by molar-refractivity contribution is 0.155. The molecule has 2 saturated carbocycles. The van der Waals surface area contributed by atoms with E-state index in [0.717, 1.165) is 16.6 Å². The van der Waals surface area contributed by atoms with Gasteiger partial charge in [0, 0.05) is 6.04 Å². The van der Waals surface area contributed by atoms with Crippen molar-refractivity contribution in [3.63, 3.8) is 0 Å². The maximum Gasteiger partial charge on any atom is 0.138 e. The zero-order valence-electron chi connectivity index (χ0n) is 12.3. The van der Waals surface area contributed by atoms with Crippen molar-refractivity contribution in [2.24, 2.45) is 16.7 Å². The maximum absolute atomic E-state index is 4.51. The number of nitrogens with zero attached hydrogens (tertiary/aromatic N) is 2. The molecule has 2 aromatic heterocycles. The average molecular weight is 287 g/mol. The summed E-state index contributed by atoms with van der Waals surface area (Å²) in [5, 5.41) is 7.05. The molecule has 4 rings (SSSR count). The normalized spacial score (nSPS) is 34.8. The lowest BCUT2D eigenvalue weighted by Gasteiger charge is -2.43. The van der Waals surface area contributed by atoms with Gasteiger partial charge in [0.15, 0.2) is 0 Å². The highest BCUT2D eigenvalue weighted by Gasteiger charge is 2.59. The highest BCUT2D eigenvalue weighted by molar-refractivity contribution is 7.16. The number of hydrogen-bond donors (Lipinski definition) is 1. The topological polar surface area (TPSA) is 37.8 Å². The number of fused-ring (bicyclic) bond motifs is 3. The predicted octanol–water partition coefficient (Wildman–Crippen LogP) is 4.32. The molecule has 2 aliphatic carbocycles. The first-order chi connectivity index (χ1) is 9.51. The minimum absolute atomic E-state index is 0.348. The highest BCUT2D eigenvalue weighted by Crippen LogP contribution is 2.63. The smallest absolute Gasteiger partial charge is 0.138 e. The Hall–Kier alpha value is -1.16. The summed E-state index contributed by atoms with van der Waals surface area (Å²) in [4.78, 5) is 9.93. The van der Waals surface area contributed by atoms with Gasteiger partial charge in [-0.3, -0.25) is 0 Å². The zero-order valence-corrected chi connectivity index (χ0v) is 13.1. The summed E-state index contributed by atoms with van der Waals surface area (Å²) in [5.41, 5.74) is 0.766. The van der Waals surface area contributed by atoms with Crippen LogP contribution < -0.4 is 5.32 Å². The number of aromatic nitrogens is 2. The van der Waals surface area contributed by atoms with Crippen LogP contribution in [-0.2, 0) is 0 Å². The molecular weight excluding hydrogens is 266 g/mol. The number of thiophene rings is 1. The lowest BCUT2D eigenvalue weighted by Crippen LogP contribution is -2.46. The van der Waals surface area contributed by atoms with Crippen molar-refractivity contribution < 1.29 is 0 Å². The molecule has 20 heavy (non-hydrogen) atoms. The second-order valence-electron chi connectivity index (χ2n) is 7.35. The van der Waals surface area contributed by atoms with E-state index < -0.39 is 0 Å². The summed E-state index contributed by atoms with van der Waals surface area (Å²) in [7, 11) is 0. The van der Waals surface area contributed by atoms with Crippen LogP contribution in [0.2, 0.25) is 0 Å². The molecule has 0 aromatic carbocycles. The molecular formula is C16H21N3S. The SMILES string of the molecule is CC12CCC(C1)C(C)(C)C2Nc1ncnc2sccc12. The zero-order chi connectivity index (χ0) is 14.0. The fourth-order valence-corrected chi connectivity index (χ4v) is 5.44. The van der Waals surface area contributed by atoms with Crippen LogP contribution in [0.1, 0.15) is 40.0 Å². The number of hydrogen-bond acceptors (Lipinski definition) is 4. The first kappa shape index (κ1) is 12.6. The van der Waals surface area contributed by atoms with E-state index in [1.54, 1.807) is 17.7 Å². The van der Waals surface area contributed by atoms with Crippen LogP contribution in [-0.4, -0.2) is 16.0 Å². The van der Waals surface area contributed by atoms with E-state index in [1.165, 1.54) is 24.6 Å². The fourth-order valence-electron chi connectivity index (χ4n) is 4.70. The van der Waals surface area contributed by atoms with Gasteiger partial charge in [0.05, 0.1) is 5.39 Å². The van der Waals surface area contributed by atoms with Crippen molar-refractivity contribution in [1.29, 1.82) is 0 Å². The summed E-state index contributed by atoms with van der Waals surface area (Å²) in [6, 6.07) is 2.64. The third-order valence-corrected chi connectivity index (χ3v) is 6.63. The van der Waals surface area contributed by atoms with E-state index >= 15 is 0 Å². The summed E-state index contributed by atoms with van der Waals surface area (Å²) in [5.74, 6) is 1.87. The number of rotatable bonds is 2. The molecule has 2 aliphatic rings. The van der Waals surface area contributed by atoms with Gasteiger partial charge in [0.25, 0.3) is 0 Å². The van der Waals surface area contributed by atoms with Crippen LogP contribution in [0.3, 0.4) is 0 Å². The standard InChI is InChI=1S/C16H21N3S/c1-15(2)10-4-6-16(3,8-10)14(15)19-12-11-5-7-20-13(11)18-9-17-12/h5,7,9-10,14H,4,6,8H2,1-3H3,(H,17,18,19). The van der Waals surface area contributed by atoms with Crippen LogP contribution in [0.25, 0.3) is 10.2 Å². The Balaban J connectivity index is 1.74. The van der Waals surface area contributed by atoms with Crippen molar-refractivity contribution in [3.05, 3.63) is 17.8 Å². The van der Waals surface area contributed by atoms with E-state index in [0.29, 0.717) is 16.9 Å². The van der Waals surface area contributed by atoms with Crippen LogP contribution in [0, 0.1) is 16.7 Å². The molecule has 106 valence electrons. The van der Waals surface area contributed by atoms with Gasteiger partial charge in [-0.25, -0.2) is 9.97 Å². The Morgan fingerprint density at radius 1 is 1.30 bits per heavy atom. The Morgan fingerprint density at radius 3 is 2.90 bits per heavy atom. The molecule has 1 N–H and O–H groups in total. The number of anilines is 1. The largest absolute Gasteiger partial charge is 0.366 e. The van der Waals surface area contributed by atoms with E-state index in [2.05, 4.69) is 47.5 Å². The van der Waals surface area contributed by atoms with E-state index in [4.69, 9.17) is 0 Å². The molecule has 0 radical (unpaired) electrons. The second-order valence-corrected chi connectivity index (χ2v) is 8.25. The third-order valence-electron chi connectivity index (χ3n) is 5.81. The molecule has 3 unspecified atom stereocenters. The highest BCUT2D eigenvalue weighted by atomic mass is 32.1. The van der Waals surface area contributed by atoms with Crippen molar-refractivity contribution >= 4 is 27.4 Å². The Kier molecular flexibility index (Phi) is 2.48. The molecule has 2 fully saturated rings. The van der Waals surface area contributed by atoms with Gasteiger partial charge in [0.1, 0.15) is 17.0 Å². The van der Waals surface area contributed by atoms with Crippen molar-refractivity contribution in [2.75, 3.05) is 5.32 Å². The van der Waals surface area contributed by atoms with E-state index in [1.807, 2.05) is 0 Å². The Morgan fingerprint density at radius 2 is 2.15 bits per heavy atom. The number of nitrogens with one attached hydrogen (secondary N) is 1. The van der Waals surface area contributed by atoms with Crippen LogP contribution >= 0.6 is 11.3 Å². The quantitative estimate of drug-likeness (QED) is 0.894. The Bertz CT molecular complexity index is 658. The lowest BCUT2D eigenvalue weighted by atomic mass is 9.68. The van der Waals surface area contributed by atoms with Crippen molar-refractivity contribution in [3.8, 4) is 0 Å². The first-order valence-electron chi connectivity index (χ1n) is 7.45.